The number of rotatable bonds is 0. The van der Waals surface area contributed by atoms with Crippen molar-refractivity contribution in [1.82, 2.24) is 0 Å². The predicted molar refractivity (Wildman–Crippen MR) is 53.6 cm³/mol. The van der Waals surface area contributed by atoms with Crippen LogP contribution >= 0.6 is 0 Å². The quantitative estimate of drug-likeness (QED) is 0.502. The van der Waals surface area contributed by atoms with E-state index in [9.17, 15) is 0 Å². The van der Waals surface area contributed by atoms with Gasteiger partial charge in [0.05, 0.1) is 0 Å². The smallest absolute Gasteiger partial charge is 0.115 e. The molecule has 0 amide bonds. The summed E-state index contributed by atoms with van der Waals surface area (Å²) in [6.45, 7) is 8.85. The molecule has 0 radical (unpaired) electrons. The summed E-state index contributed by atoms with van der Waals surface area (Å²) in [6, 6.07) is 2.28. The first-order chi connectivity index (χ1) is 5.04. The summed E-state index contributed by atoms with van der Waals surface area (Å²) in [6.07, 6.45) is 0. The Hall–Kier alpha value is -0.248. The van der Waals surface area contributed by atoms with Crippen LogP contribution in [-0.2, 0) is 0 Å². The summed E-state index contributed by atoms with van der Waals surface area (Å²) < 4.78 is 1.59. The zero-order valence-corrected chi connectivity index (χ0v) is 10.1. The molecule has 1 aromatic rings. The minimum Gasteiger partial charge on any atom is -0.115 e. The Morgan fingerprint density at radius 1 is 0.909 bits per heavy atom. The fourth-order valence-corrected chi connectivity index (χ4v) is 2.20. The number of hydrogen-bond donors (Lipinski definition) is 0. The minimum absolute atomic E-state index is 1.18. The molecule has 0 aliphatic carbocycles. The van der Waals surface area contributed by atoms with Gasteiger partial charge in [0.25, 0.3) is 16.3 Å². The molecule has 0 saturated heterocycles. The molecular formula is C10H15Al. The number of benzene rings is 1. The molecule has 0 aliphatic rings. The molecule has 1 rings (SSSR count). The summed E-state index contributed by atoms with van der Waals surface area (Å²) in [4.78, 5) is 0. The van der Waals surface area contributed by atoms with Gasteiger partial charge in [0.1, 0.15) is 0 Å². The summed E-state index contributed by atoms with van der Waals surface area (Å²) in [7, 11) is 0. The van der Waals surface area contributed by atoms with E-state index in [0.717, 1.165) is 0 Å². The Balaban J connectivity index is 3.46. The van der Waals surface area contributed by atoms with Gasteiger partial charge in [0, 0.05) is 0 Å². The largest absolute Gasteiger partial charge is 0.259 e. The van der Waals surface area contributed by atoms with Crippen molar-refractivity contribution < 1.29 is 0 Å². The van der Waals surface area contributed by atoms with E-state index in [1.54, 1.807) is 4.43 Å². The highest BCUT2D eigenvalue weighted by Gasteiger charge is 2.01. The maximum absolute atomic E-state index is 2.28. The van der Waals surface area contributed by atoms with Crippen molar-refractivity contribution in [1.29, 1.82) is 0 Å². The van der Waals surface area contributed by atoms with Gasteiger partial charge in [-0.15, -0.1) is 4.43 Å². The van der Waals surface area contributed by atoms with Crippen molar-refractivity contribution in [3.8, 4) is 0 Å². The maximum atomic E-state index is 2.28. The average molecular weight is 162 g/mol. The monoisotopic (exact) mass is 162 g/mol. The summed E-state index contributed by atoms with van der Waals surface area (Å²) >= 11 is 1.18. The molecule has 11 heavy (non-hydrogen) atoms. The van der Waals surface area contributed by atoms with Crippen LogP contribution in [0.3, 0.4) is 0 Å². The van der Waals surface area contributed by atoms with Gasteiger partial charge >= 0.3 is 0 Å². The maximum Gasteiger partial charge on any atom is 0.259 e. The Bertz CT molecular complexity index is 261. The lowest BCUT2D eigenvalue weighted by molar-refractivity contribution is 1.27. The normalized spacial score (nSPS) is 10.2. The van der Waals surface area contributed by atoms with Gasteiger partial charge < -0.3 is 0 Å². The molecule has 0 aliphatic heterocycles. The Morgan fingerprint density at radius 3 is 1.64 bits per heavy atom. The molecule has 1 aromatic carbocycles. The third-order valence-corrected chi connectivity index (χ3v) is 4.24. The average Bonchev–Trinajstić information content (AvgIpc) is 1.97. The third kappa shape index (κ3) is 1.50. The van der Waals surface area contributed by atoms with Crippen LogP contribution in [0.5, 0.6) is 0 Å². The highest BCUT2D eigenvalue weighted by atomic mass is 27.0. The van der Waals surface area contributed by atoms with E-state index < -0.39 is 0 Å². The van der Waals surface area contributed by atoms with Crippen LogP contribution in [0.2, 0.25) is 0 Å². The standard InChI is InChI=1S/C10H13.Al.2H/c1-7-5-9(3)10(4)6-8(7)2;;;/h5H,1-4H3;;;. The lowest BCUT2D eigenvalue weighted by atomic mass is 10.0. The molecule has 0 N–H and O–H groups in total. The Morgan fingerprint density at radius 2 is 1.27 bits per heavy atom. The van der Waals surface area contributed by atoms with Crippen molar-refractivity contribution in [2.75, 3.05) is 0 Å². The molecule has 0 aromatic heterocycles. The van der Waals surface area contributed by atoms with E-state index in [2.05, 4.69) is 33.8 Å². The van der Waals surface area contributed by atoms with Gasteiger partial charge in [-0.2, -0.15) is 0 Å². The fraction of sp³-hybridized carbons (Fsp3) is 0.400. The highest BCUT2D eigenvalue weighted by Crippen LogP contribution is 2.10. The summed E-state index contributed by atoms with van der Waals surface area (Å²) in [5, 5.41) is 0. The molecule has 0 nitrogen and oxygen atoms in total. The predicted octanol–water partition coefficient (Wildman–Crippen LogP) is 1.18. The van der Waals surface area contributed by atoms with Crippen LogP contribution in [0.1, 0.15) is 22.3 Å². The first-order valence-corrected chi connectivity index (χ1v) is 5.08. The number of aryl methyl sites for hydroxylation is 2. The zero-order chi connectivity index (χ0) is 8.59. The van der Waals surface area contributed by atoms with Crippen molar-refractivity contribution in [2.45, 2.75) is 27.7 Å². The lowest BCUT2D eigenvalue weighted by Gasteiger charge is -2.11. The van der Waals surface area contributed by atoms with Crippen molar-refractivity contribution >= 4 is 20.7 Å². The Kier molecular flexibility index (Phi) is 2.42. The lowest BCUT2D eigenvalue weighted by Crippen LogP contribution is -2.14. The van der Waals surface area contributed by atoms with Gasteiger partial charge in [-0.3, -0.25) is 0 Å². The van der Waals surface area contributed by atoms with Gasteiger partial charge in [-0.05, 0) is 38.8 Å². The van der Waals surface area contributed by atoms with Crippen LogP contribution in [0.4, 0.5) is 0 Å². The van der Waals surface area contributed by atoms with Crippen molar-refractivity contribution in [3.05, 3.63) is 28.3 Å². The number of hydrogen-bond acceptors (Lipinski definition) is 0. The second-order valence-electron chi connectivity index (χ2n) is 3.39. The minimum atomic E-state index is 1.18. The second-order valence-corrected chi connectivity index (χ2v) is 4.39. The SMILES string of the molecule is Cc1cc(C)c(C)[c]([AlH2])c1C. The molecule has 0 bridgehead atoms. The molecule has 0 unspecified atom stereocenters. The van der Waals surface area contributed by atoms with E-state index in [4.69, 9.17) is 0 Å². The summed E-state index contributed by atoms with van der Waals surface area (Å²) in [5.41, 5.74) is 5.88. The van der Waals surface area contributed by atoms with Crippen molar-refractivity contribution in [2.24, 2.45) is 0 Å². The molecule has 0 fully saturated rings. The van der Waals surface area contributed by atoms with Gasteiger partial charge in [0.15, 0.2) is 0 Å². The van der Waals surface area contributed by atoms with E-state index in [0.29, 0.717) is 0 Å². The van der Waals surface area contributed by atoms with E-state index in [-0.39, 0.29) is 0 Å². The molecule has 0 heterocycles. The highest BCUT2D eigenvalue weighted by molar-refractivity contribution is 6.34. The van der Waals surface area contributed by atoms with Crippen LogP contribution in [0, 0.1) is 27.7 Å². The van der Waals surface area contributed by atoms with Crippen molar-refractivity contribution in [3.63, 3.8) is 0 Å². The molecule has 0 spiro atoms. The van der Waals surface area contributed by atoms with E-state index >= 15 is 0 Å². The first kappa shape index (κ1) is 8.85. The second kappa shape index (κ2) is 3.01. The van der Waals surface area contributed by atoms with Crippen LogP contribution in [0.25, 0.3) is 0 Å². The van der Waals surface area contributed by atoms with Gasteiger partial charge in [-0.1, -0.05) is 17.2 Å². The van der Waals surface area contributed by atoms with E-state index in [1.165, 1.54) is 38.5 Å². The van der Waals surface area contributed by atoms with Gasteiger partial charge in [0.2, 0.25) is 0 Å². The fourth-order valence-electron chi connectivity index (χ4n) is 1.41. The third-order valence-electron chi connectivity index (χ3n) is 2.74. The van der Waals surface area contributed by atoms with E-state index in [1.807, 2.05) is 0 Å². The Labute approximate surface area is 77.1 Å². The molecular weight excluding hydrogens is 147 g/mol. The van der Waals surface area contributed by atoms with Crippen LogP contribution < -0.4 is 4.43 Å². The molecule has 0 saturated carbocycles. The summed E-state index contributed by atoms with van der Waals surface area (Å²) in [5.74, 6) is 0. The van der Waals surface area contributed by atoms with Crippen LogP contribution in [-0.4, -0.2) is 16.3 Å². The van der Waals surface area contributed by atoms with Crippen LogP contribution in [0.15, 0.2) is 6.07 Å². The topological polar surface area (TPSA) is 0 Å². The molecule has 58 valence electrons. The molecule has 1 heteroatoms. The first-order valence-electron chi connectivity index (χ1n) is 4.08. The molecule has 0 atom stereocenters. The zero-order valence-electron chi connectivity index (χ0n) is 8.08. The van der Waals surface area contributed by atoms with Gasteiger partial charge in [-0.25, -0.2) is 0 Å².